The van der Waals surface area contributed by atoms with Crippen molar-refractivity contribution in [2.24, 2.45) is 5.73 Å². The molecule has 0 aliphatic rings. The van der Waals surface area contributed by atoms with E-state index in [2.05, 4.69) is 0 Å². The summed E-state index contributed by atoms with van der Waals surface area (Å²) in [6.07, 6.45) is 0.684. The molecule has 0 unspecified atom stereocenters. The van der Waals surface area contributed by atoms with E-state index in [0.29, 0.717) is 23.7 Å². The van der Waals surface area contributed by atoms with Gasteiger partial charge in [-0.3, -0.25) is 9.59 Å². The van der Waals surface area contributed by atoms with Crippen LogP contribution in [0, 0.1) is 11.3 Å². The third kappa shape index (κ3) is 5.02. The van der Waals surface area contributed by atoms with Crippen molar-refractivity contribution in [3.8, 4) is 17.6 Å². The summed E-state index contributed by atoms with van der Waals surface area (Å²) in [6.45, 7) is 3.85. The highest BCUT2D eigenvalue weighted by Crippen LogP contribution is 2.30. The molecule has 0 aromatic heterocycles. The van der Waals surface area contributed by atoms with Gasteiger partial charge in [0.1, 0.15) is 11.6 Å². The second-order valence-electron chi connectivity index (χ2n) is 5.17. The summed E-state index contributed by atoms with van der Waals surface area (Å²) in [7, 11) is 3.29. The van der Waals surface area contributed by atoms with E-state index in [9.17, 15) is 9.59 Å². The van der Waals surface area contributed by atoms with Crippen molar-refractivity contribution in [2.75, 3.05) is 20.7 Å². The Morgan fingerprint density at radius 1 is 1.38 bits per heavy atom. The maximum Gasteiger partial charge on any atom is 0.262 e. The number of nitrogens with two attached hydrogens (primary N) is 1. The van der Waals surface area contributed by atoms with Crippen molar-refractivity contribution in [3.63, 3.8) is 0 Å². The molecule has 1 atom stereocenters. The minimum absolute atomic E-state index is 0.165. The Morgan fingerprint density at radius 3 is 2.54 bits per heavy atom. The molecular weight excluding hydrogens is 310 g/mol. The molecule has 0 saturated carbocycles. The Labute approximate surface area is 141 Å². The molecule has 0 aliphatic heterocycles. The minimum atomic E-state index is -0.805. The van der Waals surface area contributed by atoms with Gasteiger partial charge in [-0.25, -0.2) is 0 Å². The summed E-state index contributed by atoms with van der Waals surface area (Å²) >= 11 is 0. The van der Waals surface area contributed by atoms with Gasteiger partial charge in [-0.1, -0.05) is 6.07 Å². The van der Waals surface area contributed by atoms with Gasteiger partial charge in [0.25, 0.3) is 11.8 Å². The zero-order valence-electron chi connectivity index (χ0n) is 14.2. The highest BCUT2D eigenvalue weighted by molar-refractivity contribution is 6.00. The monoisotopic (exact) mass is 331 g/mol. The van der Waals surface area contributed by atoms with Gasteiger partial charge < -0.3 is 20.1 Å². The van der Waals surface area contributed by atoms with Crippen LogP contribution >= 0.6 is 0 Å². The van der Waals surface area contributed by atoms with Crippen LogP contribution < -0.4 is 15.2 Å². The van der Waals surface area contributed by atoms with Gasteiger partial charge >= 0.3 is 0 Å². The lowest BCUT2D eigenvalue weighted by atomic mass is 10.1. The van der Waals surface area contributed by atoms with Gasteiger partial charge in [-0.15, -0.1) is 0 Å². The Balaban J connectivity index is 3.14. The van der Waals surface area contributed by atoms with Crippen LogP contribution in [-0.2, 0) is 9.59 Å². The van der Waals surface area contributed by atoms with Gasteiger partial charge in [0.2, 0.25) is 0 Å². The van der Waals surface area contributed by atoms with Crippen molar-refractivity contribution in [1.29, 1.82) is 5.26 Å². The fraction of sp³-hybridized carbons (Fsp3) is 0.353. The summed E-state index contributed by atoms with van der Waals surface area (Å²) in [6, 6.07) is 6.62. The summed E-state index contributed by atoms with van der Waals surface area (Å²) in [5.41, 5.74) is 5.52. The molecule has 0 saturated heterocycles. The molecule has 2 amide bonds. The smallest absolute Gasteiger partial charge is 0.262 e. The summed E-state index contributed by atoms with van der Waals surface area (Å²) in [4.78, 5) is 24.5. The summed E-state index contributed by atoms with van der Waals surface area (Å²) in [5.74, 6) is -0.177. The number of nitriles is 1. The van der Waals surface area contributed by atoms with Gasteiger partial charge in [0.05, 0.1) is 6.61 Å². The lowest BCUT2D eigenvalue weighted by molar-refractivity contribution is -0.135. The van der Waals surface area contributed by atoms with Crippen LogP contribution in [0.15, 0.2) is 23.8 Å². The summed E-state index contributed by atoms with van der Waals surface area (Å²) < 4.78 is 11.2. The van der Waals surface area contributed by atoms with E-state index >= 15 is 0 Å². The van der Waals surface area contributed by atoms with Crippen molar-refractivity contribution in [3.05, 3.63) is 29.3 Å². The first-order valence-corrected chi connectivity index (χ1v) is 7.36. The third-order valence-electron chi connectivity index (χ3n) is 3.06. The third-order valence-corrected chi connectivity index (χ3v) is 3.06. The maximum atomic E-state index is 11.9. The Hall–Kier alpha value is -3.01. The average Bonchev–Trinajstić information content (AvgIpc) is 2.53. The number of nitrogens with zero attached hydrogens (tertiary/aromatic N) is 2. The topological polar surface area (TPSA) is 106 Å². The van der Waals surface area contributed by atoms with E-state index < -0.39 is 12.0 Å². The second-order valence-corrected chi connectivity index (χ2v) is 5.17. The van der Waals surface area contributed by atoms with Crippen LogP contribution in [0.25, 0.3) is 6.08 Å². The predicted octanol–water partition coefficient (Wildman–Crippen LogP) is 1.33. The van der Waals surface area contributed by atoms with Gasteiger partial charge in [-0.2, -0.15) is 5.26 Å². The Kier molecular flexibility index (Phi) is 6.80. The first kappa shape index (κ1) is 19.0. The SMILES string of the molecule is CCOc1cc(/C=C(\C#N)C(N)=O)ccc1O[C@@H](C)C(=O)N(C)C. The van der Waals surface area contributed by atoms with Crippen LogP contribution in [0.4, 0.5) is 0 Å². The largest absolute Gasteiger partial charge is 0.490 e. The molecule has 7 heteroatoms. The van der Waals surface area contributed by atoms with Crippen LogP contribution in [0.1, 0.15) is 19.4 Å². The molecule has 0 aliphatic carbocycles. The molecule has 0 fully saturated rings. The number of carbonyl (C=O) groups is 2. The van der Waals surface area contributed by atoms with Crippen molar-refractivity contribution >= 4 is 17.9 Å². The van der Waals surface area contributed by atoms with Crippen LogP contribution in [0.2, 0.25) is 0 Å². The molecule has 1 aromatic carbocycles. The Morgan fingerprint density at radius 2 is 2.04 bits per heavy atom. The van der Waals surface area contributed by atoms with Gasteiger partial charge in [0, 0.05) is 14.1 Å². The maximum absolute atomic E-state index is 11.9. The highest BCUT2D eigenvalue weighted by atomic mass is 16.5. The van der Waals surface area contributed by atoms with E-state index in [1.54, 1.807) is 45.3 Å². The molecule has 1 aromatic rings. The number of likely N-dealkylation sites (N-methyl/N-ethyl adjacent to an activating group) is 1. The lowest BCUT2D eigenvalue weighted by Gasteiger charge is -2.20. The number of carbonyl (C=O) groups excluding carboxylic acids is 2. The molecule has 7 nitrogen and oxygen atoms in total. The average molecular weight is 331 g/mol. The fourth-order valence-corrected chi connectivity index (χ4v) is 1.91. The Bertz CT molecular complexity index is 690. The molecular formula is C17H21N3O4. The van der Waals surface area contributed by atoms with Crippen LogP contribution in [-0.4, -0.2) is 43.5 Å². The minimum Gasteiger partial charge on any atom is -0.490 e. The first-order valence-electron chi connectivity index (χ1n) is 7.36. The number of benzene rings is 1. The van der Waals surface area contributed by atoms with Gasteiger partial charge in [-0.05, 0) is 37.6 Å². The zero-order chi connectivity index (χ0) is 18.3. The number of rotatable bonds is 7. The normalized spacial score (nSPS) is 12.0. The number of amides is 2. The van der Waals surface area contributed by atoms with Crippen LogP contribution in [0.3, 0.4) is 0 Å². The second kappa shape index (κ2) is 8.58. The fourth-order valence-electron chi connectivity index (χ4n) is 1.91. The molecule has 0 bridgehead atoms. The summed E-state index contributed by atoms with van der Waals surface area (Å²) in [5, 5.41) is 8.90. The van der Waals surface area contributed by atoms with E-state index in [0.717, 1.165) is 0 Å². The number of ether oxygens (including phenoxy) is 2. The number of primary amides is 1. The molecule has 2 N–H and O–H groups in total. The van der Waals surface area contributed by atoms with Crippen LogP contribution in [0.5, 0.6) is 11.5 Å². The van der Waals surface area contributed by atoms with E-state index in [4.69, 9.17) is 20.5 Å². The first-order chi connectivity index (χ1) is 11.3. The molecule has 24 heavy (non-hydrogen) atoms. The molecule has 128 valence electrons. The molecule has 0 heterocycles. The zero-order valence-corrected chi connectivity index (χ0v) is 14.2. The van der Waals surface area contributed by atoms with Crippen molar-refractivity contribution in [1.82, 2.24) is 4.90 Å². The van der Waals surface area contributed by atoms with Crippen molar-refractivity contribution < 1.29 is 19.1 Å². The van der Waals surface area contributed by atoms with E-state index in [-0.39, 0.29) is 11.5 Å². The number of hydrogen-bond acceptors (Lipinski definition) is 5. The standard InChI is InChI=1S/C17H21N3O4/c1-5-23-15-9-12(8-13(10-18)16(19)21)6-7-14(15)24-11(2)17(22)20(3)4/h6-9,11H,5H2,1-4H3,(H2,19,21)/b13-8+/t11-/m0/s1. The molecule has 1 rings (SSSR count). The lowest BCUT2D eigenvalue weighted by Crippen LogP contribution is -2.35. The van der Waals surface area contributed by atoms with E-state index in [1.807, 2.05) is 6.92 Å². The molecule has 0 radical (unpaired) electrons. The molecule has 0 spiro atoms. The highest BCUT2D eigenvalue weighted by Gasteiger charge is 2.18. The quantitative estimate of drug-likeness (QED) is 0.599. The predicted molar refractivity (Wildman–Crippen MR) is 89.2 cm³/mol. The van der Waals surface area contributed by atoms with Gasteiger partial charge in [0.15, 0.2) is 17.6 Å². The number of hydrogen-bond donors (Lipinski definition) is 1. The van der Waals surface area contributed by atoms with Crippen molar-refractivity contribution in [2.45, 2.75) is 20.0 Å². The van der Waals surface area contributed by atoms with E-state index in [1.165, 1.54) is 11.0 Å².